The van der Waals surface area contributed by atoms with Gasteiger partial charge in [-0.15, -0.1) is 0 Å². The predicted molar refractivity (Wildman–Crippen MR) is 89.0 cm³/mol. The molecule has 0 fully saturated rings. The molecule has 2 aromatic heterocycles. The first-order valence-electron chi connectivity index (χ1n) is 7.26. The molecule has 114 valence electrons. The first-order chi connectivity index (χ1) is 11.2. The lowest BCUT2D eigenvalue weighted by atomic mass is 10.0. The molecule has 4 aromatic rings. The van der Waals surface area contributed by atoms with E-state index < -0.39 is 0 Å². The molecule has 0 spiro atoms. The second kappa shape index (κ2) is 5.02. The fourth-order valence-electron chi connectivity index (χ4n) is 2.83. The lowest BCUT2D eigenvalue weighted by Crippen LogP contribution is -1.97. The smallest absolute Gasteiger partial charge is 0.336 e. The molecule has 0 aliphatic heterocycles. The Hall–Kier alpha value is -3.01. The van der Waals surface area contributed by atoms with E-state index in [0.717, 1.165) is 33.2 Å². The molecule has 0 N–H and O–H groups in total. The Labute approximate surface area is 131 Å². The average molecular weight is 306 g/mol. The van der Waals surface area contributed by atoms with Crippen molar-refractivity contribution in [2.75, 3.05) is 7.11 Å². The minimum Gasteiger partial charge on any atom is -0.497 e. The lowest BCUT2D eigenvalue weighted by Gasteiger charge is -2.03. The van der Waals surface area contributed by atoms with Crippen LogP contribution < -0.4 is 10.4 Å². The third kappa shape index (κ3) is 2.19. The fraction of sp³-hybridized carbons (Fsp3) is 0.105. The Morgan fingerprint density at radius 1 is 0.957 bits per heavy atom. The van der Waals surface area contributed by atoms with Gasteiger partial charge in [-0.05, 0) is 36.2 Å². The highest BCUT2D eigenvalue weighted by Gasteiger charge is 2.12. The van der Waals surface area contributed by atoms with Crippen LogP contribution in [0.3, 0.4) is 0 Å². The van der Waals surface area contributed by atoms with Crippen molar-refractivity contribution in [3.05, 3.63) is 64.7 Å². The number of aryl methyl sites for hydroxylation is 1. The van der Waals surface area contributed by atoms with Gasteiger partial charge >= 0.3 is 5.63 Å². The van der Waals surface area contributed by atoms with Gasteiger partial charge in [0.1, 0.15) is 16.9 Å². The molecule has 4 nitrogen and oxygen atoms in total. The van der Waals surface area contributed by atoms with Crippen LogP contribution in [0.15, 0.2) is 62.4 Å². The van der Waals surface area contributed by atoms with Crippen molar-refractivity contribution in [1.82, 2.24) is 0 Å². The number of ether oxygens (including phenoxy) is 1. The molecule has 0 saturated carbocycles. The van der Waals surface area contributed by atoms with Gasteiger partial charge in [-0.25, -0.2) is 4.79 Å². The van der Waals surface area contributed by atoms with Crippen LogP contribution in [0.5, 0.6) is 5.75 Å². The Morgan fingerprint density at radius 3 is 2.48 bits per heavy atom. The van der Waals surface area contributed by atoms with Gasteiger partial charge in [-0.3, -0.25) is 0 Å². The maximum absolute atomic E-state index is 11.5. The van der Waals surface area contributed by atoms with E-state index >= 15 is 0 Å². The first-order valence-corrected chi connectivity index (χ1v) is 7.26. The van der Waals surface area contributed by atoms with Gasteiger partial charge < -0.3 is 13.6 Å². The predicted octanol–water partition coefficient (Wildman–Crippen LogP) is 4.52. The number of fused-ring (bicyclic) bond motifs is 2. The Bertz CT molecular complexity index is 1070. The SMILES string of the molecule is COc1ccc(-c2coc3cc4oc(=O)cc(C)c4cc23)cc1. The minimum absolute atomic E-state index is 0.351. The molecule has 4 heteroatoms. The van der Waals surface area contributed by atoms with E-state index in [1.54, 1.807) is 19.4 Å². The summed E-state index contributed by atoms with van der Waals surface area (Å²) in [7, 11) is 1.64. The number of methoxy groups -OCH3 is 1. The Balaban J connectivity index is 1.97. The summed E-state index contributed by atoms with van der Waals surface area (Å²) < 4.78 is 16.1. The number of furan rings is 1. The maximum Gasteiger partial charge on any atom is 0.336 e. The molecule has 0 amide bonds. The molecule has 2 aromatic carbocycles. The zero-order chi connectivity index (χ0) is 16.0. The quantitative estimate of drug-likeness (QED) is 0.511. The number of rotatable bonds is 2. The molecule has 0 unspecified atom stereocenters. The van der Waals surface area contributed by atoms with Gasteiger partial charge in [0.05, 0.1) is 13.4 Å². The zero-order valence-corrected chi connectivity index (χ0v) is 12.8. The summed E-state index contributed by atoms with van der Waals surface area (Å²) in [6, 6.07) is 13.1. The molecule has 0 saturated heterocycles. The van der Waals surface area contributed by atoms with Gasteiger partial charge in [0.15, 0.2) is 0 Å². The van der Waals surface area contributed by atoms with Crippen LogP contribution >= 0.6 is 0 Å². The zero-order valence-electron chi connectivity index (χ0n) is 12.8. The second-order valence-electron chi connectivity index (χ2n) is 5.47. The van der Waals surface area contributed by atoms with E-state index in [1.165, 1.54) is 6.07 Å². The van der Waals surface area contributed by atoms with Crippen LogP contribution in [-0.2, 0) is 0 Å². The normalized spacial score (nSPS) is 11.2. The third-order valence-corrected chi connectivity index (χ3v) is 4.05. The summed E-state index contributed by atoms with van der Waals surface area (Å²) in [5, 5.41) is 1.90. The van der Waals surface area contributed by atoms with E-state index in [4.69, 9.17) is 13.6 Å². The number of hydrogen-bond acceptors (Lipinski definition) is 4. The summed E-state index contributed by atoms with van der Waals surface area (Å²) in [4.78, 5) is 11.5. The van der Waals surface area contributed by atoms with Crippen molar-refractivity contribution in [2.45, 2.75) is 6.92 Å². The Morgan fingerprint density at radius 2 is 1.74 bits per heavy atom. The van der Waals surface area contributed by atoms with E-state index in [0.29, 0.717) is 11.2 Å². The molecular formula is C19H14O4. The van der Waals surface area contributed by atoms with Crippen molar-refractivity contribution >= 4 is 21.9 Å². The van der Waals surface area contributed by atoms with Crippen LogP contribution in [0.25, 0.3) is 33.1 Å². The van der Waals surface area contributed by atoms with Crippen molar-refractivity contribution in [3.63, 3.8) is 0 Å². The summed E-state index contributed by atoms with van der Waals surface area (Å²) in [6.07, 6.45) is 1.72. The van der Waals surface area contributed by atoms with Gasteiger partial charge in [0, 0.05) is 28.5 Å². The van der Waals surface area contributed by atoms with E-state index in [2.05, 4.69) is 0 Å². The molecule has 0 aliphatic carbocycles. The van der Waals surface area contributed by atoms with Crippen LogP contribution in [0.2, 0.25) is 0 Å². The highest BCUT2D eigenvalue weighted by Crippen LogP contribution is 2.34. The van der Waals surface area contributed by atoms with Crippen LogP contribution in [0.1, 0.15) is 5.56 Å². The summed E-state index contributed by atoms with van der Waals surface area (Å²) >= 11 is 0. The second-order valence-corrected chi connectivity index (χ2v) is 5.47. The van der Waals surface area contributed by atoms with Crippen molar-refractivity contribution < 1.29 is 13.6 Å². The summed E-state index contributed by atoms with van der Waals surface area (Å²) in [6.45, 7) is 1.90. The topological polar surface area (TPSA) is 52.6 Å². The molecule has 0 atom stereocenters. The molecule has 0 aliphatic rings. The maximum atomic E-state index is 11.5. The highest BCUT2D eigenvalue weighted by atomic mass is 16.5. The van der Waals surface area contributed by atoms with E-state index in [9.17, 15) is 4.79 Å². The van der Waals surface area contributed by atoms with Gasteiger partial charge in [0.2, 0.25) is 0 Å². The summed E-state index contributed by atoms with van der Waals surface area (Å²) in [5.74, 6) is 0.810. The van der Waals surface area contributed by atoms with Gasteiger partial charge in [-0.1, -0.05) is 12.1 Å². The molecule has 4 rings (SSSR count). The Kier molecular flexibility index (Phi) is 2.98. The van der Waals surface area contributed by atoms with Crippen LogP contribution in [0.4, 0.5) is 0 Å². The summed E-state index contributed by atoms with van der Waals surface area (Å²) in [5.41, 5.74) is 3.81. The molecule has 0 radical (unpaired) electrons. The third-order valence-electron chi connectivity index (χ3n) is 4.05. The molecule has 2 heterocycles. The van der Waals surface area contributed by atoms with E-state index in [1.807, 2.05) is 37.3 Å². The molecule has 0 bridgehead atoms. The minimum atomic E-state index is -0.351. The lowest BCUT2D eigenvalue weighted by molar-refractivity contribution is 0.415. The standard InChI is InChI=1S/C19H14O4/c1-11-7-19(20)23-18-9-17-15(8-14(11)18)16(10-22-17)12-3-5-13(21-2)6-4-12/h3-10H,1-2H3. The molecule has 23 heavy (non-hydrogen) atoms. The fourth-order valence-corrected chi connectivity index (χ4v) is 2.83. The number of hydrogen-bond donors (Lipinski definition) is 0. The van der Waals surface area contributed by atoms with E-state index in [-0.39, 0.29) is 5.63 Å². The monoisotopic (exact) mass is 306 g/mol. The van der Waals surface area contributed by atoms with Crippen LogP contribution in [-0.4, -0.2) is 7.11 Å². The largest absolute Gasteiger partial charge is 0.497 e. The highest BCUT2D eigenvalue weighted by molar-refractivity contribution is 6.02. The average Bonchev–Trinajstić information content (AvgIpc) is 2.96. The van der Waals surface area contributed by atoms with Crippen LogP contribution in [0, 0.1) is 6.92 Å². The van der Waals surface area contributed by atoms with Gasteiger partial charge in [-0.2, -0.15) is 0 Å². The van der Waals surface area contributed by atoms with Crippen molar-refractivity contribution in [2.24, 2.45) is 0 Å². The van der Waals surface area contributed by atoms with Crippen molar-refractivity contribution in [3.8, 4) is 16.9 Å². The van der Waals surface area contributed by atoms with Gasteiger partial charge in [0.25, 0.3) is 0 Å². The van der Waals surface area contributed by atoms with Crippen molar-refractivity contribution in [1.29, 1.82) is 0 Å². The number of benzene rings is 2. The molecular weight excluding hydrogens is 292 g/mol. The first kappa shape index (κ1) is 13.6.